The predicted octanol–water partition coefficient (Wildman–Crippen LogP) is 1.37. The number of aliphatic hydroxyl groups is 1. The number of aliphatic hydroxyl groups excluding tert-OH is 1. The highest BCUT2D eigenvalue weighted by Gasteiger charge is 2.11. The van der Waals surface area contributed by atoms with Crippen molar-refractivity contribution in [3.05, 3.63) is 53.6 Å². The van der Waals surface area contributed by atoms with Crippen molar-refractivity contribution in [3.8, 4) is 17.2 Å². The van der Waals surface area contributed by atoms with Crippen LogP contribution in [0.3, 0.4) is 0 Å². The molecule has 2 aromatic rings. The predicted molar refractivity (Wildman–Crippen MR) is 103 cm³/mol. The number of nitrogens with two attached hydrogens (primary N) is 1. The molecule has 1 atom stereocenters. The van der Waals surface area contributed by atoms with Crippen LogP contribution in [0.15, 0.2) is 42.5 Å². The fourth-order valence-electron chi connectivity index (χ4n) is 2.58. The minimum atomic E-state index is -0.712. The summed E-state index contributed by atoms with van der Waals surface area (Å²) < 4.78 is 16.0. The molecule has 0 fully saturated rings. The first-order valence-electron chi connectivity index (χ1n) is 8.66. The third kappa shape index (κ3) is 6.16. The first-order valence-corrected chi connectivity index (χ1v) is 8.66. The lowest BCUT2D eigenvalue weighted by Crippen LogP contribution is -2.32. The van der Waals surface area contributed by atoms with Crippen LogP contribution in [0.2, 0.25) is 0 Å². The quantitative estimate of drug-likeness (QED) is 0.514. The Morgan fingerprint density at radius 1 is 1.11 bits per heavy atom. The lowest BCUT2D eigenvalue weighted by Gasteiger charge is -2.15. The summed E-state index contributed by atoms with van der Waals surface area (Å²) in [6.07, 6.45) is 0.0645. The van der Waals surface area contributed by atoms with Gasteiger partial charge in [-0.2, -0.15) is 0 Å². The number of para-hydroxylation sites is 1. The molecule has 0 saturated carbocycles. The van der Waals surface area contributed by atoms with Gasteiger partial charge in [-0.1, -0.05) is 18.2 Å². The summed E-state index contributed by atoms with van der Waals surface area (Å²) >= 11 is 0. The topological polar surface area (TPSA) is 103 Å². The summed E-state index contributed by atoms with van der Waals surface area (Å²) in [5, 5.41) is 13.2. The van der Waals surface area contributed by atoms with E-state index < -0.39 is 12.0 Å². The second kappa shape index (κ2) is 10.4. The Labute approximate surface area is 159 Å². The maximum absolute atomic E-state index is 11.3. The average Bonchev–Trinajstić information content (AvgIpc) is 2.69. The van der Waals surface area contributed by atoms with E-state index in [-0.39, 0.29) is 6.61 Å². The van der Waals surface area contributed by atoms with E-state index in [4.69, 9.17) is 19.9 Å². The smallest absolute Gasteiger partial charge is 0.252 e. The number of amides is 1. The molecule has 1 amide bonds. The lowest BCUT2D eigenvalue weighted by molar-refractivity contribution is 0.0964. The van der Waals surface area contributed by atoms with Crippen molar-refractivity contribution in [2.45, 2.75) is 12.5 Å². The van der Waals surface area contributed by atoms with Gasteiger partial charge in [-0.25, -0.2) is 0 Å². The Morgan fingerprint density at radius 2 is 1.85 bits per heavy atom. The molecule has 0 aliphatic heterocycles. The summed E-state index contributed by atoms with van der Waals surface area (Å²) in [5.41, 5.74) is 6.70. The molecule has 27 heavy (non-hydrogen) atoms. The van der Waals surface area contributed by atoms with Crippen LogP contribution in [0, 0.1) is 0 Å². The molecule has 0 aromatic heterocycles. The van der Waals surface area contributed by atoms with Crippen LogP contribution in [-0.4, -0.2) is 51.0 Å². The Bertz CT molecular complexity index is 751. The van der Waals surface area contributed by atoms with Gasteiger partial charge in [-0.15, -0.1) is 0 Å². The molecule has 0 aliphatic carbocycles. The number of primary amides is 1. The van der Waals surface area contributed by atoms with E-state index in [2.05, 4.69) is 5.32 Å². The number of nitrogens with one attached hydrogen (secondary N) is 1. The van der Waals surface area contributed by atoms with Gasteiger partial charge < -0.3 is 30.4 Å². The monoisotopic (exact) mass is 374 g/mol. The molecule has 2 rings (SSSR count). The van der Waals surface area contributed by atoms with Crippen molar-refractivity contribution in [2.24, 2.45) is 5.73 Å². The van der Waals surface area contributed by atoms with Gasteiger partial charge in [0.25, 0.3) is 5.91 Å². The van der Waals surface area contributed by atoms with E-state index in [9.17, 15) is 9.90 Å². The average molecular weight is 374 g/mol. The van der Waals surface area contributed by atoms with E-state index in [0.29, 0.717) is 35.9 Å². The van der Waals surface area contributed by atoms with Gasteiger partial charge in [-0.05, 0) is 42.8 Å². The maximum atomic E-state index is 11.3. The van der Waals surface area contributed by atoms with Gasteiger partial charge >= 0.3 is 0 Å². The van der Waals surface area contributed by atoms with Crippen molar-refractivity contribution in [1.82, 2.24) is 5.32 Å². The molecule has 7 heteroatoms. The van der Waals surface area contributed by atoms with Crippen LogP contribution >= 0.6 is 0 Å². The minimum absolute atomic E-state index is 0.0631. The molecule has 0 aliphatic rings. The number of hydrogen-bond donors (Lipinski definition) is 3. The van der Waals surface area contributed by atoms with E-state index in [0.717, 1.165) is 12.0 Å². The number of carbonyl (C=O) groups is 1. The molecule has 2 aromatic carbocycles. The highest BCUT2D eigenvalue weighted by molar-refractivity contribution is 5.95. The first-order chi connectivity index (χ1) is 13.0. The SMILES string of the molecule is COc1ccc(CCNCC(O)COc2ccccc2C(N)=O)cc1OC. The zero-order valence-corrected chi connectivity index (χ0v) is 15.6. The Morgan fingerprint density at radius 3 is 2.56 bits per heavy atom. The van der Waals surface area contributed by atoms with Crippen LogP contribution in [0.1, 0.15) is 15.9 Å². The normalized spacial score (nSPS) is 11.7. The molecule has 4 N–H and O–H groups in total. The van der Waals surface area contributed by atoms with Crippen molar-refractivity contribution >= 4 is 5.91 Å². The summed E-state index contributed by atoms with van der Waals surface area (Å²) in [6, 6.07) is 12.5. The molecule has 0 bridgehead atoms. The molecule has 0 spiro atoms. The summed E-state index contributed by atoms with van der Waals surface area (Å²) in [4.78, 5) is 11.3. The van der Waals surface area contributed by atoms with Crippen molar-refractivity contribution in [3.63, 3.8) is 0 Å². The largest absolute Gasteiger partial charge is 0.493 e. The fraction of sp³-hybridized carbons (Fsp3) is 0.350. The van der Waals surface area contributed by atoms with Gasteiger partial charge in [0.05, 0.1) is 19.8 Å². The third-order valence-electron chi connectivity index (χ3n) is 4.00. The number of hydrogen-bond acceptors (Lipinski definition) is 6. The van der Waals surface area contributed by atoms with E-state index in [1.54, 1.807) is 38.5 Å². The number of ether oxygens (including phenoxy) is 3. The van der Waals surface area contributed by atoms with Crippen molar-refractivity contribution in [2.75, 3.05) is 33.9 Å². The lowest BCUT2D eigenvalue weighted by atomic mass is 10.1. The standard InChI is InChI=1S/C20H26N2O5/c1-25-18-8-7-14(11-19(18)26-2)9-10-22-12-15(23)13-27-17-6-4-3-5-16(17)20(21)24/h3-8,11,15,22-23H,9-10,12-13H2,1-2H3,(H2,21,24). The fourth-order valence-corrected chi connectivity index (χ4v) is 2.58. The van der Waals surface area contributed by atoms with Crippen LogP contribution in [0.4, 0.5) is 0 Å². The summed E-state index contributed by atoms with van der Waals surface area (Å²) in [5.74, 6) is 1.19. The molecule has 0 heterocycles. The van der Waals surface area contributed by atoms with E-state index in [1.165, 1.54) is 0 Å². The van der Waals surface area contributed by atoms with Crippen molar-refractivity contribution < 1.29 is 24.1 Å². The second-order valence-corrected chi connectivity index (χ2v) is 5.97. The van der Waals surface area contributed by atoms with Gasteiger partial charge in [0.15, 0.2) is 11.5 Å². The Kier molecular flexibility index (Phi) is 7.91. The highest BCUT2D eigenvalue weighted by atomic mass is 16.5. The minimum Gasteiger partial charge on any atom is -0.493 e. The van der Waals surface area contributed by atoms with Crippen LogP contribution in [0.5, 0.6) is 17.2 Å². The van der Waals surface area contributed by atoms with E-state index in [1.807, 2.05) is 18.2 Å². The number of methoxy groups -OCH3 is 2. The number of rotatable bonds is 11. The van der Waals surface area contributed by atoms with Crippen molar-refractivity contribution in [1.29, 1.82) is 0 Å². The third-order valence-corrected chi connectivity index (χ3v) is 4.00. The van der Waals surface area contributed by atoms with Crippen LogP contribution in [-0.2, 0) is 6.42 Å². The van der Waals surface area contributed by atoms with Gasteiger partial charge in [-0.3, -0.25) is 4.79 Å². The highest BCUT2D eigenvalue weighted by Crippen LogP contribution is 2.27. The molecule has 7 nitrogen and oxygen atoms in total. The zero-order chi connectivity index (χ0) is 19.6. The molecule has 1 unspecified atom stereocenters. The Balaban J connectivity index is 1.74. The van der Waals surface area contributed by atoms with Crippen LogP contribution in [0.25, 0.3) is 0 Å². The maximum Gasteiger partial charge on any atom is 0.252 e. The molecular formula is C20H26N2O5. The van der Waals surface area contributed by atoms with Gasteiger partial charge in [0.1, 0.15) is 18.5 Å². The summed E-state index contributed by atoms with van der Waals surface area (Å²) in [7, 11) is 3.21. The van der Waals surface area contributed by atoms with E-state index >= 15 is 0 Å². The van der Waals surface area contributed by atoms with Gasteiger partial charge in [0, 0.05) is 6.54 Å². The zero-order valence-electron chi connectivity index (χ0n) is 15.6. The Hall–Kier alpha value is -2.77. The molecule has 0 saturated heterocycles. The molecule has 0 radical (unpaired) electrons. The second-order valence-electron chi connectivity index (χ2n) is 5.97. The number of benzene rings is 2. The number of carbonyl (C=O) groups excluding carboxylic acids is 1. The summed E-state index contributed by atoms with van der Waals surface area (Å²) in [6.45, 7) is 1.12. The first kappa shape index (κ1) is 20.5. The molecule has 146 valence electrons. The van der Waals surface area contributed by atoms with Crippen LogP contribution < -0.4 is 25.3 Å². The van der Waals surface area contributed by atoms with Gasteiger partial charge in [0.2, 0.25) is 0 Å². The molecular weight excluding hydrogens is 348 g/mol.